The van der Waals surface area contributed by atoms with Gasteiger partial charge in [0.25, 0.3) is 11.5 Å². The molecule has 11 nitrogen and oxygen atoms in total. The van der Waals surface area contributed by atoms with E-state index in [1.165, 1.54) is 6.92 Å². The van der Waals surface area contributed by atoms with Crippen LogP contribution in [0.25, 0.3) is 11.0 Å². The van der Waals surface area contributed by atoms with Gasteiger partial charge in [-0.3, -0.25) is 19.2 Å². The zero-order valence-corrected chi connectivity index (χ0v) is 21.7. The molecule has 0 spiro atoms. The van der Waals surface area contributed by atoms with E-state index in [-0.39, 0.29) is 6.42 Å². The highest BCUT2D eigenvalue weighted by Gasteiger charge is 2.42. The summed E-state index contributed by atoms with van der Waals surface area (Å²) >= 11 is 0. The van der Waals surface area contributed by atoms with Crippen molar-refractivity contribution in [2.75, 3.05) is 6.61 Å². The molecule has 2 heterocycles. The Balaban J connectivity index is 1.59. The fourth-order valence-corrected chi connectivity index (χ4v) is 4.16. The molecule has 0 radical (unpaired) electrons. The average molecular weight is 536 g/mol. The lowest BCUT2D eigenvalue weighted by Crippen LogP contribution is -2.47. The molecule has 0 aliphatic carbocycles. The van der Waals surface area contributed by atoms with Gasteiger partial charge < -0.3 is 24.5 Å². The number of rotatable bonds is 6. The zero-order valence-electron chi connectivity index (χ0n) is 21.7. The van der Waals surface area contributed by atoms with Crippen LogP contribution in [0.4, 0.5) is 0 Å². The van der Waals surface area contributed by atoms with E-state index in [1.54, 1.807) is 38.1 Å². The third-order valence-corrected chi connectivity index (χ3v) is 6.28. The largest absolute Gasteiger partial charge is 0.463 e. The molecule has 11 heteroatoms. The van der Waals surface area contributed by atoms with Gasteiger partial charge in [-0.25, -0.2) is 9.78 Å². The van der Waals surface area contributed by atoms with Crippen molar-refractivity contribution >= 4 is 34.8 Å². The summed E-state index contributed by atoms with van der Waals surface area (Å²) in [6.07, 6.45) is -2.04. The van der Waals surface area contributed by atoms with E-state index >= 15 is 0 Å². The fraction of sp³-hybridized carbons (Fsp3) is 0.357. The van der Waals surface area contributed by atoms with Crippen LogP contribution in [-0.4, -0.2) is 58.6 Å². The molecule has 1 saturated heterocycles. The Labute approximate surface area is 223 Å². The van der Waals surface area contributed by atoms with Gasteiger partial charge in [0.05, 0.1) is 17.0 Å². The van der Waals surface area contributed by atoms with Crippen LogP contribution in [0, 0.1) is 11.8 Å². The van der Waals surface area contributed by atoms with Crippen LogP contribution in [0.1, 0.15) is 36.8 Å². The van der Waals surface area contributed by atoms with Crippen LogP contribution in [-0.2, 0) is 35.0 Å². The second kappa shape index (κ2) is 11.9. The van der Waals surface area contributed by atoms with Crippen molar-refractivity contribution < 1.29 is 33.4 Å². The lowest BCUT2D eigenvalue weighted by Gasteiger charge is -2.29. The van der Waals surface area contributed by atoms with Crippen LogP contribution in [0.15, 0.2) is 59.4 Å². The number of hydrogen-bond acceptors (Lipinski definition) is 9. The van der Waals surface area contributed by atoms with Gasteiger partial charge in [0.15, 0.2) is 17.8 Å². The van der Waals surface area contributed by atoms with E-state index in [4.69, 9.17) is 14.2 Å². The number of carbonyl (C=O) groups is 4. The summed E-state index contributed by atoms with van der Waals surface area (Å²) in [6.45, 7) is 4.23. The molecule has 0 bridgehead atoms. The fourth-order valence-electron chi connectivity index (χ4n) is 4.16. The molecule has 1 aliphatic heterocycles. The highest BCUT2D eigenvalue weighted by Crippen LogP contribution is 2.24. The van der Waals surface area contributed by atoms with Gasteiger partial charge in [-0.2, -0.15) is 0 Å². The number of nitrogens with one attached hydrogen (secondary N) is 2. The number of para-hydroxylation sites is 2. The van der Waals surface area contributed by atoms with Crippen molar-refractivity contribution in [1.82, 2.24) is 15.3 Å². The summed E-state index contributed by atoms with van der Waals surface area (Å²) in [4.78, 5) is 70.9. The maximum absolute atomic E-state index is 13.3. The van der Waals surface area contributed by atoms with Gasteiger partial charge in [-0.05, 0) is 31.0 Å². The zero-order chi connectivity index (χ0) is 28.1. The topological polar surface area (TPSA) is 154 Å². The molecule has 1 aliphatic rings. The second-order valence-corrected chi connectivity index (χ2v) is 9.58. The summed E-state index contributed by atoms with van der Waals surface area (Å²) < 4.78 is 16.6. The number of H-pyrrole nitrogens is 1. The van der Waals surface area contributed by atoms with Gasteiger partial charge in [0, 0.05) is 0 Å². The Kier molecular flexibility index (Phi) is 8.38. The summed E-state index contributed by atoms with van der Waals surface area (Å²) in [7, 11) is 0. The van der Waals surface area contributed by atoms with E-state index in [1.807, 2.05) is 30.3 Å². The van der Waals surface area contributed by atoms with Gasteiger partial charge in [-0.15, -0.1) is 0 Å². The number of fused-ring (bicyclic) bond motifs is 1. The van der Waals surface area contributed by atoms with Crippen LogP contribution in [0.2, 0.25) is 0 Å². The van der Waals surface area contributed by atoms with Crippen molar-refractivity contribution in [3.63, 3.8) is 0 Å². The maximum atomic E-state index is 13.3. The highest BCUT2D eigenvalue weighted by atomic mass is 16.6. The van der Waals surface area contributed by atoms with E-state index in [2.05, 4.69) is 15.3 Å². The Hall–Kier alpha value is -4.54. The minimum atomic E-state index is -1.44. The molecule has 2 N–H and O–H groups in total. The molecule has 204 valence electrons. The van der Waals surface area contributed by atoms with E-state index in [9.17, 15) is 24.0 Å². The summed E-state index contributed by atoms with van der Waals surface area (Å²) in [5.41, 5.74) is 0.380. The number of benzene rings is 2. The SMILES string of the molecule is CC(C)C(=O)O[C@H]1[C@H](C)OC(=O)[C@@H](NC(=O)c2nc3ccccc3[nH]c2=O)COC(=O)[C@@H]1Cc1ccccc1. The number of esters is 3. The number of amides is 1. The lowest BCUT2D eigenvalue weighted by atomic mass is 9.91. The molecule has 1 amide bonds. The van der Waals surface area contributed by atoms with Gasteiger partial charge in [0.1, 0.15) is 18.6 Å². The third kappa shape index (κ3) is 6.49. The van der Waals surface area contributed by atoms with E-state index in [0.29, 0.717) is 11.0 Å². The van der Waals surface area contributed by atoms with Crippen molar-refractivity contribution in [2.24, 2.45) is 11.8 Å². The van der Waals surface area contributed by atoms with Crippen LogP contribution >= 0.6 is 0 Å². The Morgan fingerprint density at radius 1 is 1.05 bits per heavy atom. The quantitative estimate of drug-likeness (QED) is 0.356. The van der Waals surface area contributed by atoms with E-state index < -0.39 is 71.8 Å². The first-order valence-corrected chi connectivity index (χ1v) is 12.6. The molecule has 4 rings (SSSR count). The number of hydrogen-bond donors (Lipinski definition) is 2. The molecular weight excluding hydrogens is 506 g/mol. The standard InChI is InChI=1S/C28H29N3O8/c1-15(2)26(34)39-23-16(3)38-28(36)21(14-37-27(35)18(23)13-17-9-5-4-6-10-17)31-25(33)22-24(32)30-20-12-8-7-11-19(20)29-22/h4-12,15-16,18,21,23H,13-14H2,1-3H3,(H,30,32)(H,31,33)/t16-,18+,21-,23-/m0/s1. The molecular formula is C28H29N3O8. The van der Waals surface area contributed by atoms with Gasteiger partial charge in [-0.1, -0.05) is 56.3 Å². The molecule has 1 aromatic heterocycles. The lowest BCUT2D eigenvalue weighted by molar-refractivity contribution is -0.176. The van der Waals surface area contributed by atoms with Crippen LogP contribution < -0.4 is 10.9 Å². The number of cyclic esters (lactones) is 2. The molecule has 1 fully saturated rings. The predicted octanol–water partition coefficient (Wildman–Crippen LogP) is 1.94. The minimum Gasteiger partial charge on any atom is -0.463 e. The van der Waals surface area contributed by atoms with E-state index in [0.717, 1.165) is 5.56 Å². The Bertz CT molecular complexity index is 1440. The molecule has 2 aromatic carbocycles. The number of carbonyl (C=O) groups excluding carboxylic acids is 4. The summed E-state index contributed by atoms with van der Waals surface area (Å²) in [5.74, 6) is -4.65. The van der Waals surface area contributed by atoms with Crippen molar-refractivity contribution in [1.29, 1.82) is 0 Å². The number of ether oxygens (including phenoxy) is 3. The first-order chi connectivity index (χ1) is 18.6. The molecule has 0 saturated carbocycles. The second-order valence-electron chi connectivity index (χ2n) is 9.58. The number of nitrogens with zero attached hydrogens (tertiary/aromatic N) is 1. The van der Waals surface area contributed by atoms with Crippen molar-refractivity contribution in [2.45, 2.75) is 45.4 Å². The normalized spacial score (nSPS) is 21.7. The smallest absolute Gasteiger partial charge is 0.332 e. The predicted molar refractivity (Wildman–Crippen MR) is 138 cm³/mol. The first kappa shape index (κ1) is 27.5. The minimum absolute atomic E-state index is 0.158. The number of aromatic amines is 1. The van der Waals surface area contributed by atoms with Crippen molar-refractivity contribution in [3.8, 4) is 0 Å². The Morgan fingerprint density at radius 3 is 2.46 bits per heavy atom. The molecule has 39 heavy (non-hydrogen) atoms. The highest BCUT2D eigenvalue weighted by molar-refractivity contribution is 5.96. The van der Waals surface area contributed by atoms with Gasteiger partial charge >= 0.3 is 17.9 Å². The number of aromatic nitrogens is 2. The molecule has 4 atom stereocenters. The first-order valence-electron chi connectivity index (χ1n) is 12.6. The van der Waals surface area contributed by atoms with Gasteiger partial charge in [0.2, 0.25) is 0 Å². The maximum Gasteiger partial charge on any atom is 0.332 e. The van der Waals surface area contributed by atoms with Crippen LogP contribution in [0.5, 0.6) is 0 Å². The monoisotopic (exact) mass is 535 g/mol. The third-order valence-electron chi connectivity index (χ3n) is 6.28. The molecule has 0 unspecified atom stereocenters. The van der Waals surface area contributed by atoms with Crippen LogP contribution in [0.3, 0.4) is 0 Å². The van der Waals surface area contributed by atoms with Crippen molar-refractivity contribution in [3.05, 3.63) is 76.2 Å². The molecule has 3 aromatic rings. The Morgan fingerprint density at radius 2 is 1.74 bits per heavy atom. The summed E-state index contributed by atoms with van der Waals surface area (Å²) in [6, 6.07) is 14.3. The average Bonchev–Trinajstić information content (AvgIpc) is 2.95. The summed E-state index contributed by atoms with van der Waals surface area (Å²) in [5, 5.41) is 2.38.